The number of ether oxygens (including phenoxy) is 2. The summed E-state index contributed by atoms with van der Waals surface area (Å²) in [5.41, 5.74) is 1.49. The zero-order valence-corrected chi connectivity index (χ0v) is 13.7. The molecule has 1 fully saturated rings. The maximum atomic E-state index is 11.9. The van der Waals surface area contributed by atoms with Gasteiger partial charge in [0.05, 0.1) is 13.2 Å². The number of hydrogen-bond acceptors (Lipinski definition) is 7. The molecule has 132 valence electrons. The lowest BCUT2D eigenvalue weighted by atomic mass is 9.72. The van der Waals surface area contributed by atoms with Crippen molar-refractivity contribution in [3.05, 3.63) is 11.1 Å². The molecule has 7 heteroatoms. The van der Waals surface area contributed by atoms with Crippen LogP contribution in [0.2, 0.25) is 0 Å². The molecule has 1 aliphatic heterocycles. The molecular weight excluding hydrogens is 304 g/mol. The van der Waals surface area contributed by atoms with Gasteiger partial charge in [-0.3, -0.25) is 4.79 Å². The summed E-state index contributed by atoms with van der Waals surface area (Å²) in [6, 6.07) is 0. The monoisotopic (exact) mass is 330 g/mol. The highest BCUT2D eigenvalue weighted by Gasteiger charge is 2.43. The minimum absolute atomic E-state index is 0.0664. The van der Waals surface area contributed by atoms with Crippen LogP contribution < -0.4 is 0 Å². The molecule has 0 aromatic heterocycles. The Morgan fingerprint density at radius 2 is 1.83 bits per heavy atom. The van der Waals surface area contributed by atoms with Gasteiger partial charge in [-0.1, -0.05) is 13.8 Å². The van der Waals surface area contributed by atoms with Crippen molar-refractivity contribution in [2.24, 2.45) is 5.41 Å². The largest absolute Gasteiger partial charge is 0.387 e. The Labute approximate surface area is 135 Å². The number of carbonyl (C=O) groups excluding carboxylic acids is 1. The first-order chi connectivity index (χ1) is 10.6. The summed E-state index contributed by atoms with van der Waals surface area (Å²) in [6.45, 7) is 6.04. The van der Waals surface area contributed by atoms with Gasteiger partial charge in [0.1, 0.15) is 24.4 Å². The van der Waals surface area contributed by atoms with E-state index in [1.807, 2.05) is 0 Å². The molecule has 0 radical (unpaired) electrons. The van der Waals surface area contributed by atoms with E-state index in [0.29, 0.717) is 12.0 Å². The second kappa shape index (κ2) is 6.96. The summed E-state index contributed by atoms with van der Waals surface area (Å²) in [5, 5.41) is 38.4. The third-order valence-corrected chi connectivity index (χ3v) is 4.88. The lowest BCUT2D eigenvalue weighted by Crippen LogP contribution is -2.58. The van der Waals surface area contributed by atoms with Crippen molar-refractivity contribution in [1.29, 1.82) is 0 Å². The quantitative estimate of drug-likeness (QED) is 0.549. The number of aliphatic hydroxyl groups is 4. The molecule has 4 N–H and O–H groups in total. The van der Waals surface area contributed by atoms with Gasteiger partial charge in [0.2, 0.25) is 0 Å². The van der Waals surface area contributed by atoms with Gasteiger partial charge in [0.15, 0.2) is 12.1 Å². The fourth-order valence-corrected chi connectivity index (χ4v) is 3.09. The molecule has 5 atom stereocenters. The number of rotatable bonds is 4. The second-order valence-electron chi connectivity index (χ2n) is 6.96. The van der Waals surface area contributed by atoms with Gasteiger partial charge in [-0.25, -0.2) is 0 Å². The van der Waals surface area contributed by atoms with Crippen LogP contribution in [0, 0.1) is 5.41 Å². The minimum atomic E-state index is -1.57. The third-order valence-electron chi connectivity index (χ3n) is 4.88. The van der Waals surface area contributed by atoms with E-state index in [0.717, 1.165) is 12.0 Å². The predicted octanol–water partition coefficient (Wildman–Crippen LogP) is -0.492. The molecule has 1 saturated heterocycles. The number of allylic oxidation sites excluding steroid dienone is 1. The molecule has 2 rings (SSSR count). The van der Waals surface area contributed by atoms with Gasteiger partial charge >= 0.3 is 0 Å². The van der Waals surface area contributed by atoms with Crippen LogP contribution in [-0.2, 0) is 14.3 Å². The van der Waals surface area contributed by atoms with Crippen molar-refractivity contribution in [2.75, 3.05) is 13.2 Å². The lowest BCUT2D eigenvalue weighted by molar-refractivity contribution is -0.288. The number of carbonyl (C=O) groups is 1. The van der Waals surface area contributed by atoms with Crippen molar-refractivity contribution in [1.82, 2.24) is 0 Å². The van der Waals surface area contributed by atoms with Crippen LogP contribution in [-0.4, -0.2) is 70.1 Å². The second-order valence-corrected chi connectivity index (χ2v) is 6.96. The SMILES string of the molecule is CC1=C(COC[C@H]2O[C@@H](O)[C@H](O)[C@@H](O)[C@@H]2O)C(C)(C)CCC1=O. The zero-order chi connectivity index (χ0) is 17.4. The highest BCUT2D eigenvalue weighted by molar-refractivity contribution is 5.96. The Hall–Kier alpha value is -0.830. The standard InChI is InChI=1S/C16H26O7/c1-8-9(16(2,3)5-4-10(8)17)6-22-7-11-12(18)13(19)14(20)15(21)23-11/h11-15,18-21H,4-7H2,1-3H3/t11-,12-,13+,14-,15-/m1/s1. The zero-order valence-electron chi connectivity index (χ0n) is 13.7. The van der Waals surface area contributed by atoms with Crippen LogP contribution in [0.25, 0.3) is 0 Å². The molecule has 2 aliphatic rings. The highest BCUT2D eigenvalue weighted by Crippen LogP contribution is 2.38. The number of aliphatic hydroxyl groups excluding tert-OH is 4. The molecule has 0 aromatic rings. The van der Waals surface area contributed by atoms with Crippen LogP contribution >= 0.6 is 0 Å². The van der Waals surface area contributed by atoms with E-state index in [9.17, 15) is 25.2 Å². The fourth-order valence-electron chi connectivity index (χ4n) is 3.09. The van der Waals surface area contributed by atoms with E-state index in [1.165, 1.54) is 0 Å². The van der Waals surface area contributed by atoms with Crippen molar-refractivity contribution in [3.63, 3.8) is 0 Å². The van der Waals surface area contributed by atoms with Crippen LogP contribution in [0.4, 0.5) is 0 Å². The molecule has 0 unspecified atom stereocenters. The van der Waals surface area contributed by atoms with Gasteiger partial charge in [-0.2, -0.15) is 0 Å². The van der Waals surface area contributed by atoms with E-state index in [2.05, 4.69) is 13.8 Å². The summed E-state index contributed by atoms with van der Waals surface area (Å²) in [6.07, 6.45) is -5.65. The molecule has 0 spiro atoms. The average Bonchev–Trinajstić information content (AvgIpc) is 2.49. The average molecular weight is 330 g/mol. The van der Waals surface area contributed by atoms with Gasteiger partial charge in [-0.05, 0) is 29.9 Å². The van der Waals surface area contributed by atoms with E-state index in [4.69, 9.17) is 9.47 Å². The molecule has 1 aliphatic carbocycles. The van der Waals surface area contributed by atoms with Crippen LogP contribution in [0.5, 0.6) is 0 Å². The Morgan fingerprint density at radius 3 is 2.48 bits per heavy atom. The molecule has 0 bridgehead atoms. The molecule has 23 heavy (non-hydrogen) atoms. The summed E-state index contributed by atoms with van der Waals surface area (Å²) < 4.78 is 10.6. The van der Waals surface area contributed by atoms with Gasteiger partial charge < -0.3 is 29.9 Å². The van der Waals surface area contributed by atoms with Gasteiger partial charge in [0.25, 0.3) is 0 Å². The predicted molar refractivity (Wildman–Crippen MR) is 80.4 cm³/mol. The van der Waals surface area contributed by atoms with E-state index in [-0.39, 0.29) is 24.4 Å². The molecule has 0 amide bonds. The molecule has 7 nitrogen and oxygen atoms in total. The van der Waals surface area contributed by atoms with Crippen LogP contribution in [0.15, 0.2) is 11.1 Å². The van der Waals surface area contributed by atoms with Crippen molar-refractivity contribution in [2.45, 2.75) is 64.3 Å². The number of hydrogen-bond donors (Lipinski definition) is 4. The summed E-state index contributed by atoms with van der Waals surface area (Å²) in [5.74, 6) is 0.117. The summed E-state index contributed by atoms with van der Waals surface area (Å²) in [4.78, 5) is 11.9. The molecular formula is C16H26O7. The minimum Gasteiger partial charge on any atom is -0.387 e. The van der Waals surface area contributed by atoms with Crippen LogP contribution in [0.3, 0.4) is 0 Å². The fraction of sp³-hybridized carbons (Fsp3) is 0.812. The highest BCUT2D eigenvalue weighted by atomic mass is 16.6. The third kappa shape index (κ3) is 3.81. The van der Waals surface area contributed by atoms with Crippen molar-refractivity contribution in [3.8, 4) is 0 Å². The van der Waals surface area contributed by atoms with Crippen LogP contribution in [0.1, 0.15) is 33.6 Å². The Morgan fingerprint density at radius 1 is 1.17 bits per heavy atom. The first-order valence-corrected chi connectivity index (χ1v) is 7.84. The normalized spacial score (nSPS) is 38.0. The first-order valence-electron chi connectivity index (χ1n) is 7.84. The van der Waals surface area contributed by atoms with E-state index >= 15 is 0 Å². The number of ketones is 1. The topological polar surface area (TPSA) is 116 Å². The van der Waals surface area contributed by atoms with Crippen molar-refractivity contribution < 1.29 is 34.7 Å². The van der Waals surface area contributed by atoms with Gasteiger partial charge in [-0.15, -0.1) is 0 Å². The molecule has 0 aromatic carbocycles. The maximum absolute atomic E-state index is 11.9. The van der Waals surface area contributed by atoms with E-state index in [1.54, 1.807) is 6.92 Å². The van der Waals surface area contributed by atoms with Gasteiger partial charge in [0, 0.05) is 6.42 Å². The Bertz CT molecular complexity index is 485. The summed E-state index contributed by atoms with van der Waals surface area (Å²) in [7, 11) is 0. The van der Waals surface area contributed by atoms with E-state index < -0.39 is 30.7 Å². The molecule has 1 heterocycles. The Balaban J connectivity index is 1.96. The Kier molecular flexibility index (Phi) is 5.60. The lowest BCUT2D eigenvalue weighted by Gasteiger charge is -2.38. The first kappa shape index (κ1) is 18.5. The maximum Gasteiger partial charge on any atom is 0.184 e. The molecule has 0 saturated carbocycles. The smallest absolute Gasteiger partial charge is 0.184 e. The number of Topliss-reactive ketones (excluding diaryl/α,β-unsaturated/α-hetero) is 1. The van der Waals surface area contributed by atoms with Crippen molar-refractivity contribution >= 4 is 5.78 Å². The summed E-state index contributed by atoms with van der Waals surface area (Å²) >= 11 is 0.